The topological polar surface area (TPSA) is 58.6 Å². The molecule has 23 heavy (non-hydrogen) atoms. The number of rotatable bonds is 4. The standard InChI is InChI=1S/C18H22N2O3/c1-4-9-20-14-10-13(19-16(21)12-5-6-12)7-8-15(14)23-11-18(2,3)17(20)22/h4,7-8,10,12H,1,5-6,9,11H2,2-3H3,(H,19,21). The number of fused-ring (bicyclic) bond motifs is 1. The molecule has 5 nitrogen and oxygen atoms in total. The number of nitrogens with zero attached hydrogens (tertiary/aromatic N) is 1. The van der Waals surface area contributed by atoms with Gasteiger partial charge in [-0.05, 0) is 44.9 Å². The third-order valence-corrected chi connectivity index (χ3v) is 4.19. The Hall–Kier alpha value is -2.30. The minimum Gasteiger partial charge on any atom is -0.490 e. The Balaban J connectivity index is 1.94. The second kappa shape index (κ2) is 5.72. The molecule has 1 saturated carbocycles. The predicted octanol–water partition coefficient (Wildman–Crippen LogP) is 2.97. The zero-order valence-corrected chi connectivity index (χ0v) is 13.6. The normalized spacial score (nSPS) is 19.4. The fraction of sp³-hybridized carbons (Fsp3) is 0.444. The molecule has 0 radical (unpaired) electrons. The first kappa shape index (κ1) is 15.6. The highest BCUT2D eigenvalue weighted by Crippen LogP contribution is 2.38. The number of hydrogen-bond acceptors (Lipinski definition) is 3. The van der Waals surface area contributed by atoms with Gasteiger partial charge in [-0.1, -0.05) is 6.08 Å². The summed E-state index contributed by atoms with van der Waals surface area (Å²) in [6.07, 6.45) is 3.60. The van der Waals surface area contributed by atoms with E-state index in [1.165, 1.54) is 0 Å². The Bertz CT molecular complexity index is 662. The van der Waals surface area contributed by atoms with Crippen LogP contribution in [0.5, 0.6) is 5.75 Å². The monoisotopic (exact) mass is 314 g/mol. The van der Waals surface area contributed by atoms with Crippen molar-refractivity contribution in [2.75, 3.05) is 23.4 Å². The summed E-state index contributed by atoms with van der Waals surface area (Å²) in [4.78, 5) is 26.4. The minimum atomic E-state index is -0.612. The van der Waals surface area contributed by atoms with Gasteiger partial charge < -0.3 is 15.0 Å². The Morgan fingerprint density at radius 3 is 2.87 bits per heavy atom. The van der Waals surface area contributed by atoms with E-state index in [0.29, 0.717) is 30.3 Å². The van der Waals surface area contributed by atoms with E-state index in [1.54, 1.807) is 17.0 Å². The summed E-state index contributed by atoms with van der Waals surface area (Å²) in [6, 6.07) is 5.43. The number of nitrogens with one attached hydrogen (secondary N) is 1. The number of carbonyl (C=O) groups excluding carboxylic acids is 2. The largest absolute Gasteiger partial charge is 0.490 e. The third-order valence-electron chi connectivity index (χ3n) is 4.19. The zero-order chi connectivity index (χ0) is 16.6. The summed E-state index contributed by atoms with van der Waals surface area (Å²) in [5.74, 6) is 0.813. The maximum atomic E-state index is 12.8. The molecule has 122 valence electrons. The first-order valence-corrected chi connectivity index (χ1v) is 7.93. The number of ether oxygens (including phenoxy) is 1. The van der Waals surface area contributed by atoms with Crippen LogP contribution in [0.1, 0.15) is 26.7 Å². The van der Waals surface area contributed by atoms with Crippen molar-refractivity contribution in [3.63, 3.8) is 0 Å². The number of amides is 2. The molecule has 3 rings (SSSR count). The Labute approximate surface area is 136 Å². The molecule has 0 bridgehead atoms. The third kappa shape index (κ3) is 3.09. The van der Waals surface area contributed by atoms with Gasteiger partial charge in [-0.15, -0.1) is 6.58 Å². The molecule has 2 aliphatic rings. The fourth-order valence-corrected chi connectivity index (χ4v) is 2.62. The smallest absolute Gasteiger partial charge is 0.236 e. The lowest BCUT2D eigenvalue weighted by Gasteiger charge is -2.27. The first-order valence-electron chi connectivity index (χ1n) is 7.93. The van der Waals surface area contributed by atoms with Crippen molar-refractivity contribution >= 4 is 23.2 Å². The molecule has 0 unspecified atom stereocenters. The van der Waals surface area contributed by atoms with E-state index in [2.05, 4.69) is 11.9 Å². The maximum Gasteiger partial charge on any atom is 0.236 e. The first-order chi connectivity index (χ1) is 10.9. The van der Waals surface area contributed by atoms with Crippen LogP contribution in [0.3, 0.4) is 0 Å². The lowest BCUT2D eigenvalue weighted by Crippen LogP contribution is -2.42. The highest BCUT2D eigenvalue weighted by Gasteiger charge is 2.37. The summed E-state index contributed by atoms with van der Waals surface area (Å²) < 4.78 is 5.82. The van der Waals surface area contributed by atoms with Crippen LogP contribution in [0.15, 0.2) is 30.9 Å². The molecule has 1 aliphatic carbocycles. The molecule has 1 aliphatic heterocycles. The van der Waals surface area contributed by atoms with E-state index in [4.69, 9.17) is 4.74 Å². The van der Waals surface area contributed by atoms with Crippen LogP contribution in [0.2, 0.25) is 0 Å². The number of hydrogen-bond donors (Lipinski definition) is 1. The molecule has 0 atom stereocenters. The van der Waals surface area contributed by atoms with Crippen molar-refractivity contribution in [2.45, 2.75) is 26.7 Å². The highest BCUT2D eigenvalue weighted by atomic mass is 16.5. The Morgan fingerprint density at radius 1 is 1.48 bits per heavy atom. The van der Waals surface area contributed by atoms with Gasteiger partial charge >= 0.3 is 0 Å². The van der Waals surface area contributed by atoms with Gasteiger partial charge in [0.25, 0.3) is 0 Å². The Morgan fingerprint density at radius 2 is 2.22 bits per heavy atom. The van der Waals surface area contributed by atoms with Crippen LogP contribution in [0, 0.1) is 11.3 Å². The Kier molecular flexibility index (Phi) is 3.88. The van der Waals surface area contributed by atoms with Gasteiger partial charge in [0.05, 0.1) is 11.1 Å². The molecule has 1 fully saturated rings. The molecule has 0 spiro atoms. The molecule has 0 saturated heterocycles. The van der Waals surface area contributed by atoms with Gasteiger partial charge in [0.15, 0.2) is 0 Å². The molecule has 1 heterocycles. The molecule has 2 amide bonds. The molecule has 5 heteroatoms. The van der Waals surface area contributed by atoms with Gasteiger partial charge in [0.1, 0.15) is 12.4 Å². The average Bonchev–Trinajstić information content (AvgIpc) is 3.35. The fourth-order valence-electron chi connectivity index (χ4n) is 2.62. The maximum absolute atomic E-state index is 12.8. The number of benzene rings is 1. The van der Waals surface area contributed by atoms with E-state index in [9.17, 15) is 9.59 Å². The van der Waals surface area contributed by atoms with Crippen molar-refractivity contribution < 1.29 is 14.3 Å². The zero-order valence-electron chi connectivity index (χ0n) is 13.6. The van der Waals surface area contributed by atoms with Crippen LogP contribution in [-0.2, 0) is 9.59 Å². The molecule has 1 aromatic carbocycles. The summed E-state index contributed by atoms with van der Waals surface area (Å²) >= 11 is 0. The van der Waals surface area contributed by atoms with E-state index in [-0.39, 0.29) is 17.7 Å². The van der Waals surface area contributed by atoms with E-state index >= 15 is 0 Å². The lowest BCUT2D eigenvalue weighted by atomic mass is 9.93. The quantitative estimate of drug-likeness (QED) is 0.869. The SMILES string of the molecule is C=CCN1C(=O)C(C)(C)COc2ccc(NC(=O)C3CC3)cc21. The molecule has 1 aromatic rings. The van der Waals surface area contributed by atoms with Crippen LogP contribution < -0.4 is 15.0 Å². The van der Waals surface area contributed by atoms with E-state index in [0.717, 1.165) is 12.8 Å². The van der Waals surface area contributed by atoms with Gasteiger partial charge in [-0.25, -0.2) is 0 Å². The number of carbonyl (C=O) groups is 2. The highest BCUT2D eigenvalue weighted by molar-refractivity contribution is 6.01. The van der Waals surface area contributed by atoms with Crippen molar-refractivity contribution in [1.82, 2.24) is 0 Å². The molecular formula is C18H22N2O3. The van der Waals surface area contributed by atoms with Crippen molar-refractivity contribution in [3.8, 4) is 5.75 Å². The van der Waals surface area contributed by atoms with Gasteiger partial charge in [0.2, 0.25) is 11.8 Å². The van der Waals surface area contributed by atoms with Crippen LogP contribution in [0.4, 0.5) is 11.4 Å². The summed E-state index contributed by atoms with van der Waals surface area (Å²) in [5.41, 5.74) is 0.749. The summed E-state index contributed by atoms with van der Waals surface area (Å²) in [6.45, 7) is 8.20. The van der Waals surface area contributed by atoms with Gasteiger partial charge in [0, 0.05) is 18.2 Å². The summed E-state index contributed by atoms with van der Waals surface area (Å²) in [5, 5.41) is 2.91. The average molecular weight is 314 g/mol. The van der Waals surface area contributed by atoms with Crippen LogP contribution >= 0.6 is 0 Å². The van der Waals surface area contributed by atoms with Gasteiger partial charge in [-0.3, -0.25) is 9.59 Å². The second-order valence-electron chi connectivity index (χ2n) is 6.82. The van der Waals surface area contributed by atoms with Crippen LogP contribution in [-0.4, -0.2) is 25.0 Å². The molecule has 0 aromatic heterocycles. The molecule has 1 N–H and O–H groups in total. The van der Waals surface area contributed by atoms with Crippen molar-refractivity contribution in [2.24, 2.45) is 11.3 Å². The van der Waals surface area contributed by atoms with Gasteiger partial charge in [-0.2, -0.15) is 0 Å². The second-order valence-corrected chi connectivity index (χ2v) is 6.82. The predicted molar refractivity (Wildman–Crippen MR) is 89.6 cm³/mol. The number of anilines is 2. The van der Waals surface area contributed by atoms with Crippen LogP contribution in [0.25, 0.3) is 0 Å². The summed E-state index contributed by atoms with van der Waals surface area (Å²) in [7, 11) is 0. The lowest BCUT2D eigenvalue weighted by molar-refractivity contribution is -0.127. The van der Waals surface area contributed by atoms with E-state index < -0.39 is 5.41 Å². The van der Waals surface area contributed by atoms with Crippen molar-refractivity contribution in [1.29, 1.82) is 0 Å². The van der Waals surface area contributed by atoms with E-state index in [1.807, 2.05) is 26.0 Å². The van der Waals surface area contributed by atoms with Crippen molar-refractivity contribution in [3.05, 3.63) is 30.9 Å². The minimum absolute atomic E-state index is 0.0122. The molecular weight excluding hydrogens is 292 g/mol.